The molecule has 0 spiro atoms. The molecule has 150 valence electrons. The molecule has 1 N–H and O–H groups in total. The number of halogens is 1. The molecule has 2 saturated heterocycles. The van der Waals surface area contributed by atoms with Crippen molar-refractivity contribution >= 4 is 27.7 Å². The zero-order valence-corrected chi connectivity index (χ0v) is 17.9. The van der Waals surface area contributed by atoms with Crippen LogP contribution in [0.15, 0.2) is 4.47 Å². The summed E-state index contributed by atoms with van der Waals surface area (Å²) in [5, 5.41) is 7.18. The van der Waals surface area contributed by atoms with Gasteiger partial charge in [-0.2, -0.15) is 5.10 Å². The van der Waals surface area contributed by atoms with Crippen molar-refractivity contribution in [1.29, 1.82) is 0 Å². The van der Waals surface area contributed by atoms with E-state index in [0.717, 1.165) is 49.2 Å². The van der Waals surface area contributed by atoms with Gasteiger partial charge in [0.05, 0.1) is 16.7 Å². The van der Waals surface area contributed by atoms with E-state index in [2.05, 4.69) is 44.9 Å². The van der Waals surface area contributed by atoms with Crippen LogP contribution in [0.4, 0.5) is 0 Å². The van der Waals surface area contributed by atoms with Crippen LogP contribution in [-0.4, -0.2) is 82.5 Å². The Balaban J connectivity index is 1.51. The Bertz CT molecular complexity index is 659. The predicted octanol–water partition coefficient (Wildman–Crippen LogP) is 2.46. The smallest absolute Gasteiger partial charge is 0.275 e. The third-order valence-corrected chi connectivity index (χ3v) is 6.29. The maximum absolute atomic E-state index is 12.8. The van der Waals surface area contributed by atoms with Crippen LogP contribution in [0, 0.1) is 0 Å². The summed E-state index contributed by atoms with van der Waals surface area (Å²) in [6, 6.07) is 0. The first-order valence-corrected chi connectivity index (χ1v) is 10.8. The van der Waals surface area contributed by atoms with Crippen LogP contribution in [-0.2, 0) is 4.79 Å². The third kappa shape index (κ3) is 4.90. The van der Waals surface area contributed by atoms with Crippen LogP contribution >= 0.6 is 15.9 Å². The molecule has 8 heteroatoms. The summed E-state index contributed by atoms with van der Waals surface area (Å²) >= 11 is 3.51. The lowest BCUT2D eigenvalue weighted by Gasteiger charge is -2.35. The number of nitrogens with zero attached hydrogens (tertiary/aromatic N) is 4. The number of hydrogen-bond acceptors (Lipinski definition) is 4. The molecule has 0 aromatic carbocycles. The molecule has 0 unspecified atom stereocenters. The van der Waals surface area contributed by atoms with Crippen molar-refractivity contribution in [3.05, 3.63) is 15.9 Å². The molecule has 1 aromatic heterocycles. The SMILES string of the molecule is CC(C)c1[nH]nc(C(=O)N2CCN(CC(=O)N3CCCCCC3)CC2)c1Br. The quantitative estimate of drug-likeness (QED) is 0.781. The highest BCUT2D eigenvalue weighted by Gasteiger charge is 2.28. The molecule has 2 fully saturated rings. The van der Waals surface area contributed by atoms with Crippen molar-refractivity contribution in [2.24, 2.45) is 0 Å². The second kappa shape index (κ2) is 9.19. The first-order chi connectivity index (χ1) is 13.0. The van der Waals surface area contributed by atoms with E-state index in [1.807, 2.05) is 9.80 Å². The van der Waals surface area contributed by atoms with Crippen molar-refractivity contribution < 1.29 is 9.59 Å². The molecule has 1 aromatic rings. The number of likely N-dealkylation sites (tertiary alicyclic amines) is 1. The average Bonchev–Trinajstić information content (AvgIpc) is 2.86. The van der Waals surface area contributed by atoms with Gasteiger partial charge >= 0.3 is 0 Å². The standard InChI is InChI=1S/C19H30BrN5O2/c1-14(2)17-16(20)18(22-21-17)19(27)25-11-9-23(10-12-25)13-15(26)24-7-5-3-4-6-8-24/h14H,3-13H2,1-2H3,(H,21,22). The van der Waals surface area contributed by atoms with Gasteiger partial charge in [-0.1, -0.05) is 26.7 Å². The molecular formula is C19H30BrN5O2. The van der Waals surface area contributed by atoms with Crippen molar-refractivity contribution in [3.63, 3.8) is 0 Å². The number of aromatic nitrogens is 2. The van der Waals surface area contributed by atoms with Crippen LogP contribution in [0.1, 0.15) is 61.6 Å². The number of rotatable bonds is 4. The third-order valence-electron chi connectivity index (χ3n) is 5.49. The van der Waals surface area contributed by atoms with E-state index in [-0.39, 0.29) is 17.7 Å². The van der Waals surface area contributed by atoms with Gasteiger partial charge in [-0.15, -0.1) is 0 Å². The Labute approximate surface area is 169 Å². The summed E-state index contributed by atoms with van der Waals surface area (Å²) in [7, 11) is 0. The lowest BCUT2D eigenvalue weighted by atomic mass is 10.1. The van der Waals surface area contributed by atoms with E-state index < -0.39 is 0 Å². The maximum atomic E-state index is 12.8. The largest absolute Gasteiger partial charge is 0.342 e. The summed E-state index contributed by atoms with van der Waals surface area (Å²) < 4.78 is 0.765. The molecule has 3 heterocycles. The number of amides is 2. The minimum absolute atomic E-state index is 0.0523. The van der Waals surface area contributed by atoms with Crippen LogP contribution in [0.25, 0.3) is 0 Å². The summed E-state index contributed by atoms with van der Waals surface area (Å²) in [5.74, 6) is 0.451. The number of H-pyrrole nitrogens is 1. The maximum Gasteiger partial charge on any atom is 0.275 e. The molecule has 7 nitrogen and oxygen atoms in total. The minimum Gasteiger partial charge on any atom is -0.342 e. The van der Waals surface area contributed by atoms with Crippen molar-refractivity contribution in [1.82, 2.24) is 24.9 Å². The zero-order chi connectivity index (χ0) is 19.4. The lowest BCUT2D eigenvalue weighted by Crippen LogP contribution is -2.51. The number of carbonyl (C=O) groups excluding carboxylic acids is 2. The van der Waals surface area contributed by atoms with Gasteiger partial charge in [0.1, 0.15) is 0 Å². The van der Waals surface area contributed by atoms with Gasteiger partial charge in [0.25, 0.3) is 5.91 Å². The van der Waals surface area contributed by atoms with Crippen LogP contribution in [0.5, 0.6) is 0 Å². The van der Waals surface area contributed by atoms with E-state index >= 15 is 0 Å². The molecular weight excluding hydrogens is 410 g/mol. The van der Waals surface area contributed by atoms with Crippen molar-refractivity contribution in [3.8, 4) is 0 Å². The van der Waals surface area contributed by atoms with Crippen molar-refractivity contribution in [2.45, 2.75) is 45.4 Å². The molecule has 0 aliphatic carbocycles. The molecule has 0 saturated carbocycles. The monoisotopic (exact) mass is 439 g/mol. The Morgan fingerprint density at radius 1 is 1.00 bits per heavy atom. The molecule has 2 amide bonds. The summed E-state index contributed by atoms with van der Waals surface area (Å²) in [5.41, 5.74) is 1.40. The Morgan fingerprint density at radius 2 is 1.63 bits per heavy atom. The van der Waals surface area contributed by atoms with E-state index in [9.17, 15) is 9.59 Å². The van der Waals surface area contributed by atoms with Crippen LogP contribution in [0.3, 0.4) is 0 Å². The number of carbonyl (C=O) groups is 2. The van der Waals surface area contributed by atoms with E-state index in [1.165, 1.54) is 12.8 Å². The van der Waals surface area contributed by atoms with Crippen molar-refractivity contribution in [2.75, 3.05) is 45.8 Å². The molecule has 3 rings (SSSR count). The van der Waals surface area contributed by atoms with Crippen LogP contribution < -0.4 is 0 Å². The first-order valence-electron chi connectivity index (χ1n) is 10.0. The van der Waals surface area contributed by atoms with Gasteiger partial charge in [-0.3, -0.25) is 19.6 Å². The lowest BCUT2D eigenvalue weighted by molar-refractivity contribution is -0.132. The summed E-state index contributed by atoms with van der Waals surface area (Å²) in [6.45, 7) is 9.08. The Hall–Kier alpha value is -1.41. The van der Waals surface area contributed by atoms with Crippen LogP contribution in [0.2, 0.25) is 0 Å². The Morgan fingerprint density at radius 3 is 2.19 bits per heavy atom. The highest BCUT2D eigenvalue weighted by molar-refractivity contribution is 9.10. The van der Waals surface area contributed by atoms with Gasteiger partial charge in [0.15, 0.2) is 5.69 Å². The topological polar surface area (TPSA) is 72.5 Å². The zero-order valence-electron chi connectivity index (χ0n) is 16.3. The minimum atomic E-state index is -0.0523. The highest BCUT2D eigenvalue weighted by atomic mass is 79.9. The van der Waals surface area contributed by atoms with Gasteiger partial charge in [-0.25, -0.2) is 0 Å². The second-order valence-electron chi connectivity index (χ2n) is 7.82. The number of hydrogen-bond donors (Lipinski definition) is 1. The first kappa shape index (κ1) is 20.3. The van der Waals surface area contributed by atoms with E-state index in [0.29, 0.717) is 25.3 Å². The normalized spacial score (nSPS) is 19.4. The molecule has 0 radical (unpaired) electrons. The molecule has 2 aliphatic rings. The fourth-order valence-corrected chi connectivity index (χ4v) is 4.54. The van der Waals surface area contributed by atoms with Gasteiger partial charge in [0.2, 0.25) is 5.91 Å². The summed E-state index contributed by atoms with van der Waals surface area (Å²) in [4.78, 5) is 31.3. The van der Waals surface area contributed by atoms with Gasteiger partial charge in [0, 0.05) is 39.3 Å². The second-order valence-corrected chi connectivity index (χ2v) is 8.61. The molecule has 0 atom stereocenters. The number of aromatic amines is 1. The number of piperazine rings is 1. The van der Waals surface area contributed by atoms with Gasteiger partial charge in [-0.05, 0) is 34.7 Å². The average molecular weight is 440 g/mol. The predicted molar refractivity (Wildman–Crippen MR) is 108 cm³/mol. The van der Waals surface area contributed by atoms with Gasteiger partial charge < -0.3 is 9.80 Å². The fourth-order valence-electron chi connectivity index (χ4n) is 3.74. The highest BCUT2D eigenvalue weighted by Crippen LogP contribution is 2.26. The summed E-state index contributed by atoms with van der Waals surface area (Å²) in [6.07, 6.45) is 4.69. The van der Waals surface area contributed by atoms with E-state index in [1.54, 1.807) is 0 Å². The molecule has 27 heavy (non-hydrogen) atoms. The Kier molecular flexibility index (Phi) is 6.92. The van der Waals surface area contributed by atoms with E-state index in [4.69, 9.17) is 0 Å². The number of nitrogens with one attached hydrogen (secondary N) is 1. The molecule has 2 aliphatic heterocycles. The fraction of sp³-hybridized carbons (Fsp3) is 0.737. The molecule has 0 bridgehead atoms.